The van der Waals surface area contributed by atoms with E-state index >= 15 is 0 Å². The second-order valence-electron chi connectivity index (χ2n) is 5.76. The zero-order valence-electron chi connectivity index (χ0n) is 13.7. The maximum Gasteiger partial charge on any atom is 0.104 e. The van der Waals surface area contributed by atoms with E-state index in [1.54, 1.807) is 0 Å². The van der Waals surface area contributed by atoms with Crippen LogP contribution in [0.25, 0.3) is 5.70 Å². The van der Waals surface area contributed by atoms with E-state index in [9.17, 15) is 0 Å². The van der Waals surface area contributed by atoms with Gasteiger partial charge in [-0.2, -0.15) is 0 Å². The number of rotatable bonds is 3. The fraction of sp³-hybridized carbons (Fsp3) is 0. The molecule has 0 saturated carbocycles. The number of allylic oxidation sites excluding steroid dienone is 1. The summed E-state index contributed by atoms with van der Waals surface area (Å²) < 4.78 is 3.47. The van der Waals surface area contributed by atoms with Crippen LogP contribution in [0.2, 0.25) is 5.02 Å². The van der Waals surface area contributed by atoms with E-state index in [0.717, 1.165) is 30.0 Å². The third-order valence-corrected chi connectivity index (χ3v) is 7.46. The van der Waals surface area contributed by atoms with Crippen molar-refractivity contribution in [2.24, 2.45) is 4.99 Å². The van der Waals surface area contributed by atoms with E-state index in [0.29, 0.717) is 0 Å². The Morgan fingerprint density at radius 3 is 2.08 bits per heavy atom. The molecular formula is C22H14BrClIN. The normalized spacial score (nSPS) is 14.0. The summed E-state index contributed by atoms with van der Waals surface area (Å²) in [4.78, 5) is 5.01. The first-order valence-corrected chi connectivity index (χ1v) is 11.4. The van der Waals surface area contributed by atoms with Crippen LogP contribution in [0.15, 0.2) is 94.4 Å². The zero-order chi connectivity index (χ0) is 17.9. The van der Waals surface area contributed by atoms with Crippen molar-refractivity contribution >= 4 is 61.2 Å². The van der Waals surface area contributed by atoms with Crippen molar-refractivity contribution in [3.8, 4) is 0 Å². The minimum absolute atomic E-state index is 0.408. The van der Waals surface area contributed by atoms with Crippen LogP contribution in [0.5, 0.6) is 0 Å². The molecule has 0 bridgehead atoms. The summed E-state index contributed by atoms with van der Waals surface area (Å²) >= 11 is 9.42. The van der Waals surface area contributed by atoms with Gasteiger partial charge in [-0.15, -0.1) is 0 Å². The van der Waals surface area contributed by atoms with E-state index in [1.807, 2.05) is 30.3 Å². The van der Waals surface area contributed by atoms with E-state index in [-0.39, 0.29) is 0 Å². The van der Waals surface area contributed by atoms with Crippen LogP contribution in [0.4, 0.5) is 0 Å². The molecule has 0 unspecified atom stereocenters. The van der Waals surface area contributed by atoms with Crippen molar-refractivity contribution in [3.05, 3.63) is 111 Å². The van der Waals surface area contributed by atoms with Gasteiger partial charge in [-0.25, -0.2) is 4.99 Å². The number of hydrogen-bond donors (Lipinski definition) is 0. The summed E-state index contributed by atoms with van der Waals surface area (Å²) in [6.45, 7) is 0. The monoisotopic (exact) mass is 533 g/mol. The first-order chi connectivity index (χ1) is 12.7. The van der Waals surface area contributed by atoms with Crippen LogP contribution in [-0.4, -0.2) is 7.23 Å². The van der Waals surface area contributed by atoms with Crippen molar-refractivity contribution in [2.45, 2.75) is 0 Å². The van der Waals surface area contributed by atoms with Crippen LogP contribution in [-0.2, 0) is 0 Å². The highest BCUT2D eigenvalue weighted by atomic mass is 127. The standard InChI is InChI=1S/C22H14BrClIN/c23-18-11-17(12-19(24)13-18)22-25-20(15-7-3-1-4-8-15)14-21(26-22)16-9-5-2-6-10-16/h1-14H. The molecule has 0 radical (unpaired) electrons. The molecule has 0 spiro atoms. The quantitative estimate of drug-likeness (QED) is 0.318. The van der Waals surface area contributed by atoms with Gasteiger partial charge < -0.3 is 0 Å². The van der Waals surface area contributed by atoms with Gasteiger partial charge in [0.1, 0.15) is 3.72 Å². The van der Waals surface area contributed by atoms with Crippen molar-refractivity contribution in [3.63, 3.8) is 0 Å². The lowest BCUT2D eigenvalue weighted by atomic mass is 10.1. The zero-order valence-corrected chi connectivity index (χ0v) is 18.2. The SMILES string of the molecule is Clc1cc(Br)cc(C2=NC(c3ccccc3)=CC(c3ccccc3)=I2)c1. The Hall–Kier alpha value is -1.56. The first-order valence-electron chi connectivity index (χ1n) is 8.08. The Balaban J connectivity index is 1.88. The number of benzene rings is 3. The highest BCUT2D eigenvalue weighted by molar-refractivity contribution is 14.2. The average Bonchev–Trinajstić information content (AvgIpc) is 2.68. The fourth-order valence-electron chi connectivity index (χ4n) is 2.69. The molecule has 4 rings (SSSR count). The summed E-state index contributed by atoms with van der Waals surface area (Å²) in [5.41, 5.74) is 4.49. The lowest BCUT2D eigenvalue weighted by Gasteiger charge is -2.14. The molecule has 0 atom stereocenters. The van der Waals surface area contributed by atoms with Crippen molar-refractivity contribution in [2.75, 3.05) is 0 Å². The smallest absolute Gasteiger partial charge is 0.104 e. The average molecular weight is 535 g/mol. The molecule has 3 aromatic carbocycles. The lowest BCUT2D eigenvalue weighted by molar-refractivity contribution is 1.50. The minimum atomic E-state index is -0.408. The molecule has 0 fully saturated rings. The van der Waals surface area contributed by atoms with E-state index in [4.69, 9.17) is 16.6 Å². The molecule has 128 valence electrons. The van der Waals surface area contributed by atoms with E-state index in [1.165, 1.54) is 9.07 Å². The predicted molar refractivity (Wildman–Crippen MR) is 125 cm³/mol. The first kappa shape index (κ1) is 17.8. The van der Waals surface area contributed by atoms with Gasteiger partial charge in [0.25, 0.3) is 0 Å². The van der Waals surface area contributed by atoms with E-state index in [2.05, 4.69) is 70.5 Å². The molecule has 1 aliphatic rings. The summed E-state index contributed by atoms with van der Waals surface area (Å²) in [7, 11) is 0. The van der Waals surface area contributed by atoms with Crippen molar-refractivity contribution < 1.29 is 0 Å². The molecule has 4 heteroatoms. The third-order valence-electron chi connectivity index (χ3n) is 3.89. The van der Waals surface area contributed by atoms with Crippen LogP contribution >= 0.6 is 48.3 Å². The Bertz CT molecular complexity index is 980. The molecule has 0 amide bonds. The molecule has 3 aromatic rings. The second kappa shape index (κ2) is 7.99. The Morgan fingerprint density at radius 2 is 1.42 bits per heavy atom. The summed E-state index contributed by atoms with van der Waals surface area (Å²) in [6, 6.07) is 26.9. The Kier molecular flexibility index (Phi) is 5.48. The van der Waals surface area contributed by atoms with Gasteiger partial charge in [-0.3, -0.25) is 0 Å². The lowest BCUT2D eigenvalue weighted by Crippen LogP contribution is -2.04. The Labute approximate surface area is 176 Å². The van der Waals surface area contributed by atoms with Crippen LogP contribution in [0.3, 0.4) is 0 Å². The fourth-order valence-corrected chi connectivity index (χ4v) is 6.22. The van der Waals surface area contributed by atoms with Crippen LogP contribution in [0.1, 0.15) is 16.7 Å². The number of nitrogens with zero attached hydrogens (tertiary/aromatic N) is 1. The largest absolute Gasteiger partial charge is 0.242 e. The summed E-state index contributed by atoms with van der Waals surface area (Å²) in [5, 5.41) is 0.721. The number of halogens is 3. The highest BCUT2D eigenvalue weighted by Crippen LogP contribution is 2.31. The van der Waals surface area contributed by atoms with Crippen molar-refractivity contribution in [1.82, 2.24) is 0 Å². The molecule has 1 nitrogen and oxygen atoms in total. The van der Waals surface area contributed by atoms with Gasteiger partial charge in [0.15, 0.2) is 0 Å². The number of hydrogen-bond acceptors (Lipinski definition) is 1. The predicted octanol–water partition coefficient (Wildman–Crippen LogP) is 7.10. The second-order valence-corrected chi connectivity index (χ2v) is 9.84. The van der Waals surface area contributed by atoms with Gasteiger partial charge in [-0.05, 0) is 29.8 Å². The van der Waals surface area contributed by atoms with Crippen molar-refractivity contribution in [1.29, 1.82) is 0 Å². The molecule has 1 aliphatic heterocycles. The van der Waals surface area contributed by atoms with Gasteiger partial charge in [0, 0.05) is 24.1 Å². The molecular weight excluding hydrogens is 521 g/mol. The highest BCUT2D eigenvalue weighted by Gasteiger charge is 2.14. The Morgan fingerprint density at radius 1 is 0.769 bits per heavy atom. The third kappa shape index (κ3) is 4.05. The van der Waals surface area contributed by atoms with Crippen LogP contribution in [0, 0.1) is 0 Å². The maximum atomic E-state index is 6.28. The van der Waals surface area contributed by atoms with Crippen LogP contribution < -0.4 is 0 Å². The minimum Gasteiger partial charge on any atom is -0.242 e. The van der Waals surface area contributed by atoms with Gasteiger partial charge in [-0.1, -0.05) is 109 Å². The summed E-state index contributed by atoms with van der Waals surface area (Å²) in [6.07, 6.45) is 2.24. The molecule has 0 aromatic heterocycles. The summed E-state index contributed by atoms with van der Waals surface area (Å²) in [5.74, 6) is 0. The molecule has 26 heavy (non-hydrogen) atoms. The van der Waals surface area contributed by atoms with Gasteiger partial charge in [0.2, 0.25) is 0 Å². The molecule has 0 N–H and O–H groups in total. The van der Waals surface area contributed by atoms with Gasteiger partial charge >= 0.3 is 0 Å². The topological polar surface area (TPSA) is 12.4 Å². The molecule has 0 aliphatic carbocycles. The van der Waals surface area contributed by atoms with E-state index < -0.39 is 20.7 Å². The molecule has 1 heterocycles. The molecule has 0 saturated heterocycles. The number of aliphatic imine (C=N–C) groups is 1. The van der Waals surface area contributed by atoms with Gasteiger partial charge in [0.05, 0.1) is 5.70 Å². The maximum absolute atomic E-state index is 6.28.